The Morgan fingerprint density at radius 1 is 1.11 bits per heavy atom. The topological polar surface area (TPSA) is 12.9 Å². The summed E-state index contributed by atoms with van der Waals surface area (Å²) >= 11 is 1.63. The number of halogens is 1. The van der Waals surface area contributed by atoms with Crippen LogP contribution >= 0.6 is 23.7 Å². The summed E-state index contributed by atoms with van der Waals surface area (Å²) in [6, 6.07) is 0. The van der Waals surface area contributed by atoms with Gasteiger partial charge in [0.15, 0.2) is 0 Å². The Balaban J connectivity index is 0.000000392. The highest BCUT2D eigenvalue weighted by atomic mass is 35.5. The third-order valence-electron chi connectivity index (χ3n) is 3.47. The first-order valence-electron chi connectivity index (χ1n) is 7.67. The van der Waals surface area contributed by atoms with Crippen LogP contribution in [0, 0.1) is 12.8 Å². The average Bonchev–Trinajstić information content (AvgIpc) is 3.08. The molecule has 1 aliphatic carbocycles. The first-order valence-corrected chi connectivity index (χ1v) is 8.62. The van der Waals surface area contributed by atoms with Crippen LogP contribution in [-0.2, 0) is 0 Å². The molecule has 0 N–H and O–H groups in total. The zero-order chi connectivity index (χ0) is 13.1. The summed E-state index contributed by atoms with van der Waals surface area (Å²) in [6.45, 7) is 4.27. The Labute approximate surface area is 129 Å². The molecule has 0 unspecified atom stereocenters. The second-order valence-corrected chi connectivity index (χ2v) is 6.20. The van der Waals surface area contributed by atoms with Crippen molar-refractivity contribution in [3.8, 4) is 0 Å². The molecule has 0 radical (unpaired) electrons. The highest BCUT2D eigenvalue weighted by Gasteiger charge is 2.19. The summed E-state index contributed by atoms with van der Waals surface area (Å²) in [5.41, 5.74) is 2.94. The molecule has 0 atom stereocenters. The monoisotopic (exact) mass is 303 g/mol. The van der Waals surface area contributed by atoms with Gasteiger partial charge >= 0.3 is 0 Å². The third kappa shape index (κ3) is 12.7. The molecule has 0 aliphatic heterocycles. The fourth-order valence-corrected chi connectivity index (χ4v) is 2.62. The highest BCUT2D eigenvalue weighted by molar-refractivity contribution is 7.07. The van der Waals surface area contributed by atoms with E-state index in [-0.39, 0.29) is 12.4 Å². The summed E-state index contributed by atoms with van der Waals surface area (Å²) < 4.78 is 0. The van der Waals surface area contributed by atoms with E-state index in [1.807, 2.05) is 17.8 Å². The minimum atomic E-state index is 0. The molecular formula is C16H30ClNS. The van der Waals surface area contributed by atoms with Gasteiger partial charge in [-0.25, -0.2) is 0 Å². The Bertz CT molecular complexity index is 270. The fraction of sp³-hybridized carbons (Fsp3) is 0.812. The van der Waals surface area contributed by atoms with Crippen LogP contribution in [0.2, 0.25) is 0 Å². The predicted octanol–water partition coefficient (Wildman–Crippen LogP) is 6.41. The molecule has 0 amide bonds. The predicted molar refractivity (Wildman–Crippen MR) is 89.4 cm³/mol. The lowest BCUT2D eigenvalue weighted by Gasteiger charge is -1.99. The number of rotatable bonds is 8. The number of hydrogen-bond acceptors (Lipinski definition) is 2. The van der Waals surface area contributed by atoms with Crippen molar-refractivity contribution in [3.05, 3.63) is 16.6 Å². The smallest absolute Gasteiger partial charge is 0.0794 e. The van der Waals surface area contributed by atoms with Crippen molar-refractivity contribution >= 4 is 23.7 Å². The molecule has 1 heterocycles. The van der Waals surface area contributed by atoms with E-state index in [1.165, 1.54) is 64.2 Å². The van der Waals surface area contributed by atoms with Gasteiger partial charge in [0.25, 0.3) is 0 Å². The maximum absolute atomic E-state index is 3.94. The van der Waals surface area contributed by atoms with Gasteiger partial charge in [-0.05, 0) is 12.8 Å². The minimum absolute atomic E-state index is 0. The van der Waals surface area contributed by atoms with Gasteiger partial charge in [-0.2, -0.15) is 0 Å². The van der Waals surface area contributed by atoms with Crippen LogP contribution in [0.4, 0.5) is 0 Å². The molecule has 1 nitrogen and oxygen atoms in total. The van der Waals surface area contributed by atoms with Crippen LogP contribution in [0.3, 0.4) is 0 Å². The Morgan fingerprint density at radius 2 is 1.74 bits per heavy atom. The second-order valence-electron chi connectivity index (χ2n) is 5.48. The second kappa shape index (κ2) is 12.9. The Morgan fingerprint density at radius 3 is 2.16 bits per heavy atom. The summed E-state index contributed by atoms with van der Waals surface area (Å²) in [5, 5.41) is 2.01. The van der Waals surface area contributed by atoms with E-state index < -0.39 is 0 Å². The van der Waals surface area contributed by atoms with Crippen LogP contribution < -0.4 is 0 Å². The lowest BCUT2D eigenvalue weighted by atomic mass is 10.1. The number of nitrogens with zero attached hydrogens (tertiary/aromatic N) is 1. The van der Waals surface area contributed by atoms with Crippen molar-refractivity contribution in [2.24, 2.45) is 5.92 Å². The minimum Gasteiger partial charge on any atom is -0.250 e. The molecular weight excluding hydrogens is 274 g/mol. The van der Waals surface area contributed by atoms with E-state index in [9.17, 15) is 0 Å². The van der Waals surface area contributed by atoms with Crippen LogP contribution in [0.1, 0.15) is 76.8 Å². The zero-order valence-electron chi connectivity index (χ0n) is 12.6. The number of thiazole rings is 1. The molecule has 19 heavy (non-hydrogen) atoms. The van der Waals surface area contributed by atoms with Gasteiger partial charge in [0.05, 0.1) is 5.51 Å². The molecule has 1 saturated carbocycles. The Hall–Kier alpha value is -0.0800. The van der Waals surface area contributed by atoms with Crippen molar-refractivity contribution in [2.45, 2.75) is 78.1 Å². The number of unbranched alkanes of at least 4 members (excludes halogenated alkanes) is 6. The van der Waals surface area contributed by atoms with E-state index >= 15 is 0 Å². The summed E-state index contributed by atoms with van der Waals surface area (Å²) in [6.07, 6.45) is 14.9. The maximum atomic E-state index is 3.94. The molecule has 1 fully saturated rings. The highest BCUT2D eigenvalue weighted by Crippen LogP contribution is 2.34. The van der Waals surface area contributed by atoms with Crippen LogP contribution in [-0.4, -0.2) is 4.98 Å². The number of aromatic nitrogens is 1. The molecule has 0 aromatic carbocycles. The van der Waals surface area contributed by atoms with E-state index in [0.29, 0.717) is 0 Å². The first-order chi connectivity index (χ1) is 8.83. The van der Waals surface area contributed by atoms with E-state index in [0.717, 1.165) is 11.6 Å². The van der Waals surface area contributed by atoms with Gasteiger partial charge in [-0.1, -0.05) is 71.1 Å². The fourth-order valence-electron chi connectivity index (χ4n) is 2.07. The molecule has 0 spiro atoms. The van der Waals surface area contributed by atoms with Gasteiger partial charge in [0, 0.05) is 11.1 Å². The molecule has 3 heteroatoms. The maximum Gasteiger partial charge on any atom is 0.0794 e. The van der Waals surface area contributed by atoms with Crippen LogP contribution in [0.15, 0.2) is 10.9 Å². The zero-order valence-corrected chi connectivity index (χ0v) is 14.2. The van der Waals surface area contributed by atoms with Gasteiger partial charge in [-0.3, -0.25) is 4.98 Å². The van der Waals surface area contributed by atoms with Crippen molar-refractivity contribution in [1.82, 2.24) is 4.98 Å². The summed E-state index contributed by atoms with van der Waals surface area (Å²) in [4.78, 5) is 3.94. The van der Waals surface area contributed by atoms with E-state index in [2.05, 4.69) is 11.9 Å². The number of aryl methyl sites for hydroxylation is 1. The standard InChI is InChI=1S/C12H24.C4H5NS.ClH/c1-2-3-4-5-6-7-8-9-12-10-11-12;1-4-2-6-3-5-4;/h12H,2-11H2,1H3;2-3H,1H3;1H. The summed E-state index contributed by atoms with van der Waals surface area (Å²) in [5.74, 6) is 1.15. The molecule has 1 aromatic heterocycles. The molecule has 112 valence electrons. The van der Waals surface area contributed by atoms with Gasteiger partial charge < -0.3 is 0 Å². The SMILES string of the molecule is CCCCCCCCCC1CC1.Cc1cscn1.Cl. The van der Waals surface area contributed by atoms with Crippen molar-refractivity contribution in [1.29, 1.82) is 0 Å². The molecule has 2 rings (SSSR count). The van der Waals surface area contributed by atoms with Crippen molar-refractivity contribution in [2.75, 3.05) is 0 Å². The normalized spacial score (nSPS) is 13.4. The number of hydrogen-bond donors (Lipinski definition) is 0. The van der Waals surface area contributed by atoms with Crippen molar-refractivity contribution < 1.29 is 0 Å². The largest absolute Gasteiger partial charge is 0.250 e. The lowest BCUT2D eigenvalue weighted by Crippen LogP contribution is -1.81. The molecule has 1 aromatic rings. The van der Waals surface area contributed by atoms with E-state index in [4.69, 9.17) is 0 Å². The quantitative estimate of drug-likeness (QED) is 0.506. The average molecular weight is 304 g/mol. The Kier molecular flexibility index (Phi) is 12.9. The van der Waals surface area contributed by atoms with Gasteiger partial charge in [0.1, 0.15) is 0 Å². The summed E-state index contributed by atoms with van der Waals surface area (Å²) in [7, 11) is 0. The molecule has 0 saturated heterocycles. The molecule has 1 aliphatic rings. The van der Waals surface area contributed by atoms with Gasteiger partial charge in [0.2, 0.25) is 0 Å². The van der Waals surface area contributed by atoms with E-state index in [1.54, 1.807) is 11.3 Å². The van der Waals surface area contributed by atoms with Gasteiger partial charge in [-0.15, -0.1) is 23.7 Å². The van der Waals surface area contributed by atoms with Crippen LogP contribution in [0.5, 0.6) is 0 Å². The lowest BCUT2D eigenvalue weighted by molar-refractivity contribution is 0.558. The van der Waals surface area contributed by atoms with Crippen molar-refractivity contribution in [3.63, 3.8) is 0 Å². The van der Waals surface area contributed by atoms with Crippen LogP contribution in [0.25, 0.3) is 0 Å². The third-order valence-corrected chi connectivity index (χ3v) is 4.17. The first kappa shape index (κ1) is 18.9. The molecule has 0 bridgehead atoms.